The Morgan fingerprint density at radius 1 is 0.864 bits per heavy atom. The number of alkyl halides is 1. The van der Waals surface area contributed by atoms with Gasteiger partial charge in [0.25, 0.3) is 0 Å². The monoisotopic (exact) mass is 298 g/mol. The van der Waals surface area contributed by atoms with Crippen LogP contribution in [0.3, 0.4) is 0 Å². The highest BCUT2D eigenvalue weighted by Gasteiger charge is 2.37. The highest BCUT2D eigenvalue weighted by atomic mass is 19.1. The maximum Gasteiger partial charge on any atom is 0.174 e. The number of nitrogens with zero attached hydrogens (tertiary/aromatic N) is 2. The zero-order valence-corrected chi connectivity index (χ0v) is 13.1. The molecule has 3 heteroatoms. The summed E-state index contributed by atoms with van der Waals surface area (Å²) in [6, 6.07) is 20.4. The molecule has 116 valence electrons. The van der Waals surface area contributed by atoms with E-state index in [1.165, 1.54) is 11.1 Å². The third-order valence-corrected chi connectivity index (χ3v) is 4.32. The van der Waals surface area contributed by atoms with E-state index in [-0.39, 0.29) is 0 Å². The van der Waals surface area contributed by atoms with Crippen LogP contribution in [0.2, 0.25) is 0 Å². The summed E-state index contributed by atoms with van der Waals surface area (Å²) in [5.41, 5.74) is 2.41. The van der Waals surface area contributed by atoms with Crippen molar-refractivity contribution in [1.29, 1.82) is 0 Å². The fourth-order valence-electron chi connectivity index (χ4n) is 3.11. The van der Waals surface area contributed by atoms with Crippen molar-refractivity contribution in [1.82, 2.24) is 9.80 Å². The van der Waals surface area contributed by atoms with Crippen molar-refractivity contribution < 1.29 is 4.39 Å². The van der Waals surface area contributed by atoms with Gasteiger partial charge in [0.15, 0.2) is 5.79 Å². The lowest BCUT2D eigenvalue weighted by molar-refractivity contribution is -0.0877. The smallest absolute Gasteiger partial charge is 0.174 e. The first-order valence-electron chi connectivity index (χ1n) is 7.88. The summed E-state index contributed by atoms with van der Waals surface area (Å²) in [6.07, 6.45) is 0. The first-order valence-corrected chi connectivity index (χ1v) is 7.88. The Bertz CT molecular complexity index is 583. The zero-order chi connectivity index (χ0) is 15.4. The van der Waals surface area contributed by atoms with E-state index in [0.29, 0.717) is 13.1 Å². The molecule has 0 aromatic heterocycles. The van der Waals surface area contributed by atoms with Crippen molar-refractivity contribution in [2.75, 3.05) is 19.6 Å². The molecule has 2 aromatic rings. The van der Waals surface area contributed by atoms with E-state index in [2.05, 4.69) is 29.2 Å². The van der Waals surface area contributed by atoms with Crippen molar-refractivity contribution in [2.45, 2.75) is 25.8 Å². The highest BCUT2D eigenvalue weighted by Crippen LogP contribution is 2.26. The zero-order valence-electron chi connectivity index (χ0n) is 13.1. The van der Waals surface area contributed by atoms with E-state index in [0.717, 1.165) is 19.6 Å². The molecule has 1 saturated heterocycles. The molecule has 1 heterocycles. The predicted molar refractivity (Wildman–Crippen MR) is 88.1 cm³/mol. The van der Waals surface area contributed by atoms with Gasteiger partial charge < -0.3 is 0 Å². The van der Waals surface area contributed by atoms with Crippen LogP contribution in [-0.2, 0) is 13.1 Å². The van der Waals surface area contributed by atoms with Gasteiger partial charge in [0, 0.05) is 32.7 Å². The number of benzene rings is 2. The van der Waals surface area contributed by atoms with Crippen molar-refractivity contribution in [3.63, 3.8) is 0 Å². The van der Waals surface area contributed by atoms with Crippen LogP contribution in [0.5, 0.6) is 0 Å². The normalized spacial score (nSPS) is 23.5. The van der Waals surface area contributed by atoms with Crippen molar-refractivity contribution in [3.8, 4) is 0 Å². The van der Waals surface area contributed by atoms with Gasteiger partial charge >= 0.3 is 0 Å². The molecule has 1 atom stereocenters. The first-order chi connectivity index (χ1) is 10.6. The maximum atomic E-state index is 15.1. The average molecular weight is 298 g/mol. The number of hydrogen-bond donors (Lipinski definition) is 0. The Hall–Kier alpha value is -1.71. The lowest BCUT2D eigenvalue weighted by Crippen LogP contribution is -2.57. The van der Waals surface area contributed by atoms with E-state index < -0.39 is 5.79 Å². The van der Waals surface area contributed by atoms with E-state index in [1.54, 1.807) is 6.92 Å². The quantitative estimate of drug-likeness (QED) is 0.794. The van der Waals surface area contributed by atoms with Crippen LogP contribution in [0.25, 0.3) is 0 Å². The van der Waals surface area contributed by atoms with Crippen LogP contribution < -0.4 is 0 Å². The first kappa shape index (κ1) is 15.2. The molecule has 0 radical (unpaired) electrons. The molecule has 1 unspecified atom stereocenters. The van der Waals surface area contributed by atoms with E-state index in [9.17, 15) is 0 Å². The molecule has 3 rings (SSSR count). The summed E-state index contributed by atoms with van der Waals surface area (Å²) in [4.78, 5) is 4.15. The van der Waals surface area contributed by atoms with Gasteiger partial charge in [-0.05, 0) is 18.1 Å². The number of hydrogen-bond acceptors (Lipinski definition) is 2. The molecule has 1 aliphatic rings. The molecule has 22 heavy (non-hydrogen) atoms. The van der Waals surface area contributed by atoms with Gasteiger partial charge in [-0.25, -0.2) is 4.39 Å². The Labute approximate surface area is 132 Å². The highest BCUT2D eigenvalue weighted by molar-refractivity contribution is 5.16. The molecule has 0 saturated carbocycles. The second-order valence-corrected chi connectivity index (χ2v) is 6.25. The largest absolute Gasteiger partial charge is 0.293 e. The van der Waals surface area contributed by atoms with Crippen LogP contribution >= 0.6 is 0 Å². The summed E-state index contributed by atoms with van der Waals surface area (Å²) in [5, 5.41) is 0. The standard InChI is InChI=1S/C19H23FN2/c1-19(20)16-21(14-17-8-4-2-5-9-17)12-13-22(19)15-18-10-6-3-7-11-18/h2-11H,12-16H2,1H3. The average Bonchev–Trinajstić information content (AvgIpc) is 2.52. The third-order valence-electron chi connectivity index (χ3n) is 4.32. The minimum Gasteiger partial charge on any atom is -0.293 e. The molecular weight excluding hydrogens is 275 g/mol. The summed E-state index contributed by atoms with van der Waals surface area (Å²) in [5.74, 6) is -1.29. The third kappa shape index (κ3) is 3.73. The molecular formula is C19H23FN2. The van der Waals surface area contributed by atoms with Gasteiger partial charge in [0.1, 0.15) is 0 Å². The maximum absolute atomic E-state index is 15.1. The van der Waals surface area contributed by atoms with Crippen LogP contribution in [-0.4, -0.2) is 35.2 Å². The fraction of sp³-hybridized carbons (Fsp3) is 0.368. The fourth-order valence-corrected chi connectivity index (χ4v) is 3.11. The SMILES string of the molecule is CC1(F)CN(Cc2ccccc2)CCN1Cc1ccccc1. The van der Waals surface area contributed by atoms with Crippen LogP contribution in [0.4, 0.5) is 4.39 Å². The summed E-state index contributed by atoms with van der Waals surface area (Å²) in [6.45, 7) is 5.31. The molecule has 2 nitrogen and oxygen atoms in total. The van der Waals surface area contributed by atoms with Crippen molar-refractivity contribution >= 4 is 0 Å². The van der Waals surface area contributed by atoms with Gasteiger partial charge in [-0.15, -0.1) is 0 Å². The molecule has 0 spiro atoms. The molecule has 1 aliphatic heterocycles. The van der Waals surface area contributed by atoms with Crippen molar-refractivity contribution in [3.05, 3.63) is 71.8 Å². The number of rotatable bonds is 4. The van der Waals surface area contributed by atoms with Gasteiger partial charge in [-0.2, -0.15) is 0 Å². The molecule has 0 bridgehead atoms. The Kier molecular flexibility index (Phi) is 4.55. The van der Waals surface area contributed by atoms with E-state index >= 15 is 4.39 Å². The lowest BCUT2D eigenvalue weighted by atomic mass is 10.1. The van der Waals surface area contributed by atoms with Gasteiger partial charge in [0.05, 0.1) is 0 Å². The van der Waals surface area contributed by atoms with Gasteiger partial charge in [0.2, 0.25) is 0 Å². The molecule has 0 N–H and O–H groups in total. The van der Waals surface area contributed by atoms with E-state index in [1.807, 2.05) is 41.3 Å². The minimum atomic E-state index is -1.29. The Morgan fingerprint density at radius 2 is 1.41 bits per heavy atom. The topological polar surface area (TPSA) is 6.48 Å². The van der Waals surface area contributed by atoms with Gasteiger partial charge in [-0.1, -0.05) is 60.7 Å². The summed E-state index contributed by atoms with van der Waals surface area (Å²) >= 11 is 0. The molecule has 0 amide bonds. The van der Waals surface area contributed by atoms with Crippen LogP contribution in [0, 0.1) is 0 Å². The van der Waals surface area contributed by atoms with Crippen molar-refractivity contribution in [2.24, 2.45) is 0 Å². The van der Waals surface area contributed by atoms with E-state index in [4.69, 9.17) is 0 Å². The summed E-state index contributed by atoms with van der Waals surface area (Å²) < 4.78 is 15.1. The summed E-state index contributed by atoms with van der Waals surface area (Å²) in [7, 11) is 0. The minimum absolute atomic E-state index is 0.453. The second-order valence-electron chi connectivity index (χ2n) is 6.25. The number of halogens is 1. The molecule has 0 aliphatic carbocycles. The molecule has 1 fully saturated rings. The second kappa shape index (κ2) is 6.59. The lowest BCUT2D eigenvalue weighted by Gasteiger charge is -2.44. The number of piperazine rings is 1. The molecule has 2 aromatic carbocycles. The Morgan fingerprint density at radius 3 is 1.95 bits per heavy atom. The van der Waals surface area contributed by atoms with Crippen LogP contribution in [0.1, 0.15) is 18.1 Å². The van der Waals surface area contributed by atoms with Gasteiger partial charge in [-0.3, -0.25) is 9.80 Å². The Balaban J connectivity index is 1.62. The predicted octanol–water partition coefficient (Wildman–Crippen LogP) is 3.69. The van der Waals surface area contributed by atoms with Crippen LogP contribution in [0.15, 0.2) is 60.7 Å².